The van der Waals surface area contributed by atoms with Crippen LogP contribution in [0.4, 0.5) is 4.79 Å². The van der Waals surface area contributed by atoms with Gasteiger partial charge in [-0.25, -0.2) is 14.8 Å². The third-order valence-corrected chi connectivity index (χ3v) is 1.67. The minimum Gasteiger partial charge on any atom is -0.444 e. The van der Waals surface area contributed by atoms with E-state index in [-0.39, 0.29) is 6.54 Å². The second-order valence-electron chi connectivity index (χ2n) is 4.15. The second kappa shape index (κ2) is 5.12. The Hall–Kier alpha value is -1.36. The Labute approximate surface area is 99.2 Å². The van der Waals surface area contributed by atoms with Gasteiger partial charge in [0.05, 0.1) is 6.54 Å². The molecule has 1 amide bonds. The molecule has 0 radical (unpaired) electrons. The SMILES string of the molecule is CC(C)(C)OC(=O)NCc1nccc(Cl)n1. The molecule has 16 heavy (non-hydrogen) atoms. The van der Waals surface area contributed by atoms with Crippen molar-refractivity contribution in [1.82, 2.24) is 15.3 Å². The van der Waals surface area contributed by atoms with Gasteiger partial charge in [-0.3, -0.25) is 0 Å². The molecule has 0 saturated heterocycles. The summed E-state index contributed by atoms with van der Waals surface area (Å²) >= 11 is 5.67. The van der Waals surface area contributed by atoms with Crippen LogP contribution in [0.2, 0.25) is 5.15 Å². The van der Waals surface area contributed by atoms with E-state index in [0.717, 1.165) is 0 Å². The third kappa shape index (κ3) is 4.93. The molecule has 1 heterocycles. The number of halogens is 1. The monoisotopic (exact) mass is 243 g/mol. The fourth-order valence-corrected chi connectivity index (χ4v) is 1.08. The number of carbonyl (C=O) groups excluding carboxylic acids is 1. The van der Waals surface area contributed by atoms with E-state index >= 15 is 0 Å². The molecule has 0 aromatic carbocycles. The Bertz CT molecular complexity index is 377. The highest BCUT2D eigenvalue weighted by Crippen LogP contribution is 2.07. The minimum atomic E-state index is -0.515. The summed E-state index contributed by atoms with van der Waals surface area (Å²) < 4.78 is 5.05. The number of carbonyl (C=O) groups is 1. The first-order chi connectivity index (χ1) is 7.37. The fraction of sp³-hybridized carbons (Fsp3) is 0.500. The largest absolute Gasteiger partial charge is 0.444 e. The number of rotatable bonds is 2. The molecule has 1 aromatic heterocycles. The first-order valence-electron chi connectivity index (χ1n) is 4.81. The van der Waals surface area contributed by atoms with E-state index in [2.05, 4.69) is 15.3 Å². The van der Waals surface area contributed by atoms with Crippen molar-refractivity contribution >= 4 is 17.7 Å². The van der Waals surface area contributed by atoms with Crippen molar-refractivity contribution in [3.8, 4) is 0 Å². The van der Waals surface area contributed by atoms with Gasteiger partial charge in [0.25, 0.3) is 0 Å². The molecular formula is C10H14ClN3O2. The first kappa shape index (κ1) is 12.7. The lowest BCUT2D eigenvalue weighted by Crippen LogP contribution is -2.32. The van der Waals surface area contributed by atoms with E-state index in [1.807, 2.05) is 0 Å². The topological polar surface area (TPSA) is 64.1 Å². The lowest BCUT2D eigenvalue weighted by Gasteiger charge is -2.19. The molecular weight excluding hydrogens is 230 g/mol. The number of ether oxygens (including phenoxy) is 1. The Kier molecular flexibility index (Phi) is 4.06. The van der Waals surface area contributed by atoms with E-state index in [0.29, 0.717) is 11.0 Å². The number of hydrogen-bond acceptors (Lipinski definition) is 4. The molecule has 5 nitrogen and oxygen atoms in total. The minimum absolute atomic E-state index is 0.190. The van der Waals surface area contributed by atoms with E-state index < -0.39 is 11.7 Å². The van der Waals surface area contributed by atoms with Gasteiger partial charge in [-0.15, -0.1) is 0 Å². The quantitative estimate of drug-likeness (QED) is 0.809. The number of aromatic nitrogens is 2. The molecule has 1 N–H and O–H groups in total. The molecule has 0 aliphatic heterocycles. The van der Waals surface area contributed by atoms with Gasteiger partial charge < -0.3 is 10.1 Å². The molecule has 0 unspecified atom stereocenters. The van der Waals surface area contributed by atoms with E-state index in [1.165, 1.54) is 6.20 Å². The molecule has 88 valence electrons. The molecule has 1 rings (SSSR count). The molecule has 1 aromatic rings. The van der Waals surface area contributed by atoms with Gasteiger partial charge in [-0.2, -0.15) is 0 Å². The molecule has 0 atom stereocenters. The lowest BCUT2D eigenvalue weighted by atomic mass is 10.2. The van der Waals surface area contributed by atoms with Gasteiger partial charge in [0.2, 0.25) is 0 Å². The number of alkyl carbamates (subject to hydrolysis) is 1. The second-order valence-corrected chi connectivity index (χ2v) is 4.54. The van der Waals surface area contributed by atoms with Gasteiger partial charge in [0.15, 0.2) is 0 Å². The van der Waals surface area contributed by atoms with Crippen LogP contribution in [0.1, 0.15) is 26.6 Å². The smallest absolute Gasteiger partial charge is 0.408 e. The van der Waals surface area contributed by atoms with Crippen LogP contribution < -0.4 is 5.32 Å². The summed E-state index contributed by atoms with van der Waals surface area (Å²) in [6.45, 7) is 5.57. The van der Waals surface area contributed by atoms with Gasteiger partial charge >= 0.3 is 6.09 Å². The van der Waals surface area contributed by atoms with Crippen molar-refractivity contribution in [2.45, 2.75) is 32.9 Å². The highest BCUT2D eigenvalue weighted by atomic mass is 35.5. The number of nitrogens with zero attached hydrogens (tertiary/aromatic N) is 2. The van der Waals surface area contributed by atoms with Gasteiger partial charge in [0, 0.05) is 6.20 Å². The van der Waals surface area contributed by atoms with Crippen LogP contribution >= 0.6 is 11.6 Å². The summed E-state index contributed by atoms with van der Waals surface area (Å²) in [5, 5.41) is 2.88. The normalized spacial score (nSPS) is 11.0. The van der Waals surface area contributed by atoms with Crippen LogP contribution in [-0.2, 0) is 11.3 Å². The van der Waals surface area contributed by atoms with Crippen molar-refractivity contribution < 1.29 is 9.53 Å². The van der Waals surface area contributed by atoms with Crippen LogP contribution in [0, 0.1) is 0 Å². The predicted molar refractivity (Wildman–Crippen MR) is 60.1 cm³/mol. The van der Waals surface area contributed by atoms with Crippen LogP contribution in [0.5, 0.6) is 0 Å². The van der Waals surface area contributed by atoms with Crippen LogP contribution in [0.25, 0.3) is 0 Å². The van der Waals surface area contributed by atoms with Crippen LogP contribution in [0.15, 0.2) is 12.3 Å². The molecule has 6 heteroatoms. The number of amides is 1. The van der Waals surface area contributed by atoms with Crippen LogP contribution in [-0.4, -0.2) is 21.7 Å². The average Bonchev–Trinajstić information content (AvgIpc) is 2.12. The van der Waals surface area contributed by atoms with Crippen molar-refractivity contribution in [1.29, 1.82) is 0 Å². The lowest BCUT2D eigenvalue weighted by molar-refractivity contribution is 0.0522. The van der Waals surface area contributed by atoms with Crippen molar-refractivity contribution in [2.75, 3.05) is 0 Å². The molecule has 0 saturated carbocycles. The zero-order valence-corrected chi connectivity index (χ0v) is 10.2. The zero-order valence-electron chi connectivity index (χ0n) is 9.45. The molecule has 0 aliphatic rings. The van der Waals surface area contributed by atoms with E-state index in [9.17, 15) is 4.79 Å². The van der Waals surface area contributed by atoms with Crippen molar-refractivity contribution in [2.24, 2.45) is 0 Å². The summed E-state index contributed by atoms with van der Waals surface area (Å²) in [6.07, 6.45) is 1.03. The maximum absolute atomic E-state index is 11.3. The van der Waals surface area contributed by atoms with Crippen molar-refractivity contribution in [3.05, 3.63) is 23.2 Å². The Morgan fingerprint density at radius 2 is 2.25 bits per heavy atom. The third-order valence-electron chi connectivity index (χ3n) is 1.46. The predicted octanol–water partition coefficient (Wildman–Crippen LogP) is 2.15. The summed E-state index contributed by atoms with van der Waals surface area (Å²) in [4.78, 5) is 19.2. The number of nitrogens with one attached hydrogen (secondary N) is 1. The zero-order chi connectivity index (χ0) is 12.2. The summed E-state index contributed by atoms with van der Waals surface area (Å²) in [5.41, 5.74) is -0.515. The van der Waals surface area contributed by atoms with E-state index in [4.69, 9.17) is 16.3 Å². The average molecular weight is 244 g/mol. The fourth-order valence-electron chi connectivity index (χ4n) is 0.925. The molecule has 0 aliphatic carbocycles. The van der Waals surface area contributed by atoms with Crippen molar-refractivity contribution in [3.63, 3.8) is 0 Å². The van der Waals surface area contributed by atoms with Gasteiger partial charge in [-0.1, -0.05) is 11.6 Å². The summed E-state index contributed by atoms with van der Waals surface area (Å²) in [7, 11) is 0. The number of hydrogen-bond donors (Lipinski definition) is 1. The molecule has 0 spiro atoms. The Morgan fingerprint density at radius 1 is 1.56 bits per heavy atom. The highest BCUT2D eigenvalue weighted by Gasteiger charge is 2.15. The summed E-state index contributed by atoms with van der Waals surface area (Å²) in [5.74, 6) is 0.443. The maximum Gasteiger partial charge on any atom is 0.408 e. The standard InChI is InChI=1S/C10H14ClN3O2/c1-10(2,3)16-9(15)13-6-8-12-5-4-7(11)14-8/h4-5H,6H2,1-3H3,(H,13,15). The first-order valence-corrected chi connectivity index (χ1v) is 5.19. The molecule has 0 bridgehead atoms. The summed E-state index contributed by atoms with van der Waals surface area (Å²) in [6, 6.07) is 1.57. The van der Waals surface area contributed by atoms with Gasteiger partial charge in [0.1, 0.15) is 16.6 Å². The van der Waals surface area contributed by atoms with E-state index in [1.54, 1.807) is 26.8 Å². The Morgan fingerprint density at radius 3 is 2.81 bits per heavy atom. The van der Waals surface area contributed by atoms with Gasteiger partial charge in [-0.05, 0) is 26.8 Å². The Balaban J connectivity index is 2.43. The maximum atomic E-state index is 11.3. The molecule has 0 fully saturated rings. The highest BCUT2D eigenvalue weighted by molar-refractivity contribution is 6.29. The van der Waals surface area contributed by atoms with Crippen LogP contribution in [0.3, 0.4) is 0 Å².